The van der Waals surface area contributed by atoms with Crippen LogP contribution in [0.1, 0.15) is 12.5 Å². The highest BCUT2D eigenvalue weighted by Crippen LogP contribution is 2.24. The standard InChI is InChI=1S/C15H16BrFN2/c1-2-19(14-5-3-4-13(18)9-14)10-11-6-7-12(17)8-15(11)16/h3-9H,2,10,18H2,1H3. The Morgan fingerprint density at radius 3 is 2.63 bits per heavy atom. The van der Waals surface area contributed by atoms with Gasteiger partial charge in [-0.25, -0.2) is 4.39 Å². The lowest BCUT2D eigenvalue weighted by atomic mass is 10.2. The number of hydrogen-bond donors (Lipinski definition) is 1. The molecule has 4 heteroatoms. The smallest absolute Gasteiger partial charge is 0.124 e. The van der Waals surface area contributed by atoms with Crippen molar-refractivity contribution in [2.75, 3.05) is 17.2 Å². The first kappa shape index (κ1) is 13.9. The van der Waals surface area contributed by atoms with E-state index in [1.165, 1.54) is 12.1 Å². The van der Waals surface area contributed by atoms with Crippen molar-refractivity contribution in [2.24, 2.45) is 0 Å². The van der Waals surface area contributed by atoms with E-state index in [9.17, 15) is 4.39 Å². The average Bonchev–Trinajstić information content (AvgIpc) is 2.38. The fourth-order valence-electron chi connectivity index (χ4n) is 1.96. The molecule has 0 unspecified atom stereocenters. The van der Waals surface area contributed by atoms with Crippen LogP contribution in [0.25, 0.3) is 0 Å². The molecular weight excluding hydrogens is 307 g/mol. The zero-order valence-corrected chi connectivity index (χ0v) is 12.3. The van der Waals surface area contributed by atoms with Crippen LogP contribution in [0.4, 0.5) is 15.8 Å². The van der Waals surface area contributed by atoms with E-state index in [0.717, 1.165) is 28.0 Å². The number of nitrogen functional groups attached to an aromatic ring is 1. The predicted octanol–water partition coefficient (Wildman–Crippen LogP) is 4.20. The summed E-state index contributed by atoms with van der Waals surface area (Å²) >= 11 is 3.40. The predicted molar refractivity (Wildman–Crippen MR) is 81.7 cm³/mol. The Morgan fingerprint density at radius 1 is 1.21 bits per heavy atom. The minimum atomic E-state index is -0.234. The first-order valence-electron chi connectivity index (χ1n) is 6.14. The van der Waals surface area contributed by atoms with Gasteiger partial charge in [-0.15, -0.1) is 0 Å². The Kier molecular flexibility index (Phi) is 4.43. The first-order chi connectivity index (χ1) is 9.10. The third-order valence-corrected chi connectivity index (χ3v) is 3.73. The number of rotatable bonds is 4. The molecule has 0 atom stereocenters. The highest BCUT2D eigenvalue weighted by molar-refractivity contribution is 9.10. The molecule has 0 aliphatic carbocycles. The van der Waals surface area contributed by atoms with E-state index in [0.29, 0.717) is 6.54 Å². The maximum atomic E-state index is 13.1. The van der Waals surface area contributed by atoms with E-state index < -0.39 is 0 Å². The highest BCUT2D eigenvalue weighted by Gasteiger charge is 2.08. The van der Waals surface area contributed by atoms with Gasteiger partial charge in [-0.05, 0) is 42.8 Å². The van der Waals surface area contributed by atoms with Crippen LogP contribution in [0.2, 0.25) is 0 Å². The summed E-state index contributed by atoms with van der Waals surface area (Å²) in [5.74, 6) is -0.234. The second-order valence-electron chi connectivity index (χ2n) is 4.34. The van der Waals surface area contributed by atoms with Crippen molar-refractivity contribution >= 4 is 27.3 Å². The molecular formula is C15H16BrFN2. The van der Waals surface area contributed by atoms with Gasteiger partial charge >= 0.3 is 0 Å². The molecule has 100 valence electrons. The van der Waals surface area contributed by atoms with Crippen LogP contribution in [-0.4, -0.2) is 6.54 Å². The summed E-state index contributed by atoms with van der Waals surface area (Å²) < 4.78 is 13.9. The van der Waals surface area contributed by atoms with Gasteiger partial charge in [0, 0.05) is 28.9 Å². The number of nitrogens with zero attached hydrogens (tertiary/aromatic N) is 1. The first-order valence-corrected chi connectivity index (χ1v) is 6.94. The van der Waals surface area contributed by atoms with Gasteiger partial charge in [-0.1, -0.05) is 28.1 Å². The topological polar surface area (TPSA) is 29.3 Å². The van der Waals surface area contributed by atoms with Crippen molar-refractivity contribution in [2.45, 2.75) is 13.5 Å². The van der Waals surface area contributed by atoms with Crippen molar-refractivity contribution < 1.29 is 4.39 Å². The molecule has 2 aromatic carbocycles. The Hall–Kier alpha value is -1.55. The summed E-state index contributed by atoms with van der Waals surface area (Å²) in [5, 5.41) is 0. The van der Waals surface area contributed by atoms with Crippen LogP contribution in [-0.2, 0) is 6.54 Å². The van der Waals surface area contributed by atoms with E-state index in [1.54, 1.807) is 6.07 Å². The quantitative estimate of drug-likeness (QED) is 0.855. The monoisotopic (exact) mass is 322 g/mol. The SMILES string of the molecule is CCN(Cc1ccc(F)cc1Br)c1cccc(N)c1. The molecule has 2 rings (SSSR count). The fraction of sp³-hybridized carbons (Fsp3) is 0.200. The fourth-order valence-corrected chi connectivity index (χ4v) is 2.44. The minimum absolute atomic E-state index is 0.234. The minimum Gasteiger partial charge on any atom is -0.399 e. The number of nitrogens with two attached hydrogens (primary N) is 1. The zero-order valence-electron chi connectivity index (χ0n) is 10.7. The number of halogens is 2. The summed E-state index contributed by atoms with van der Waals surface area (Å²) in [6, 6.07) is 12.5. The van der Waals surface area contributed by atoms with Crippen molar-refractivity contribution in [3.05, 3.63) is 58.3 Å². The zero-order chi connectivity index (χ0) is 13.8. The van der Waals surface area contributed by atoms with Gasteiger partial charge in [0.2, 0.25) is 0 Å². The Labute approximate surface area is 121 Å². The molecule has 0 aliphatic heterocycles. The molecule has 0 heterocycles. The van der Waals surface area contributed by atoms with Crippen LogP contribution in [0.3, 0.4) is 0 Å². The lowest BCUT2D eigenvalue weighted by Crippen LogP contribution is -2.22. The molecule has 2 N–H and O–H groups in total. The molecule has 0 radical (unpaired) electrons. The third-order valence-electron chi connectivity index (χ3n) is 2.99. The molecule has 2 aromatic rings. The average molecular weight is 323 g/mol. The van der Waals surface area contributed by atoms with Crippen molar-refractivity contribution in [3.8, 4) is 0 Å². The molecule has 0 aromatic heterocycles. The molecule has 0 fully saturated rings. The van der Waals surface area contributed by atoms with Gasteiger partial charge in [-0.2, -0.15) is 0 Å². The maximum Gasteiger partial charge on any atom is 0.124 e. The molecule has 0 bridgehead atoms. The van der Waals surface area contributed by atoms with E-state index in [1.807, 2.05) is 24.3 Å². The van der Waals surface area contributed by atoms with E-state index in [-0.39, 0.29) is 5.82 Å². The molecule has 0 saturated carbocycles. The number of benzene rings is 2. The van der Waals surface area contributed by atoms with E-state index >= 15 is 0 Å². The molecule has 2 nitrogen and oxygen atoms in total. The molecule has 0 aliphatic rings. The largest absolute Gasteiger partial charge is 0.399 e. The second-order valence-corrected chi connectivity index (χ2v) is 5.20. The number of anilines is 2. The number of hydrogen-bond acceptors (Lipinski definition) is 2. The van der Waals surface area contributed by atoms with Crippen LogP contribution in [0.15, 0.2) is 46.9 Å². The summed E-state index contributed by atoms with van der Waals surface area (Å²) in [4.78, 5) is 2.19. The van der Waals surface area contributed by atoms with Gasteiger partial charge in [0.05, 0.1) is 0 Å². The Bertz CT molecular complexity index is 572. The van der Waals surface area contributed by atoms with E-state index in [4.69, 9.17) is 5.73 Å². The van der Waals surface area contributed by atoms with Crippen molar-refractivity contribution in [3.63, 3.8) is 0 Å². The summed E-state index contributed by atoms with van der Waals surface area (Å²) in [7, 11) is 0. The summed E-state index contributed by atoms with van der Waals surface area (Å²) in [6.07, 6.45) is 0. The lowest BCUT2D eigenvalue weighted by molar-refractivity contribution is 0.625. The van der Waals surface area contributed by atoms with Crippen LogP contribution in [0, 0.1) is 5.82 Å². The second kappa shape index (κ2) is 6.06. The third kappa shape index (κ3) is 3.47. The maximum absolute atomic E-state index is 13.1. The van der Waals surface area contributed by atoms with Crippen molar-refractivity contribution in [1.82, 2.24) is 0 Å². The summed E-state index contributed by atoms with van der Waals surface area (Å²) in [5.41, 5.74) is 8.67. The van der Waals surface area contributed by atoms with Gasteiger partial charge in [0.25, 0.3) is 0 Å². The molecule has 19 heavy (non-hydrogen) atoms. The highest BCUT2D eigenvalue weighted by atomic mass is 79.9. The van der Waals surface area contributed by atoms with Gasteiger partial charge in [0.15, 0.2) is 0 Å². The van der Waals surface area contributed by atoms with E-state index in [2.05, 4.69) is 27.8 Å². The lowest BCUT2D eigenvalue weighted by Gasteiger charge is -2.24. The van der Waals surface area contributed by atoms with Crippen LogP contribution < -0.4 is 10.6 Å². The normalized spacial score (nSPS) is 10.5. The molecule has 0 saturated heterocycles. The van der Waals surface area contributed by atoms with Crippen molar-refractivity contribution in [1.29, 1.82) is 0 Å². The van der Waals surface area contributed by atoms with Gasteiger partial charge in [0.1, 0.15) is 5.82 Å². The Balaban J connectivity index is 2.24. The van der Waals surface area contributed by atoms with Crippen LogP contribution >= 0.6 is 15.9 Å². The van der Waals surface area contributed by atoms with Gasteiger partial charge < -0.3 is 10.6 Å². The molecule has 0 amide bonds. The van der Waals surface area contributed by atoms with Gasteiger partial charge in [-0.3, -0.25) is 0 Å². The summed E-state index contributed by atoms with van der Waals surface area (Å²) in [6.45, 7) is 3.65. The Morgan fingerprint density at radius 2 is 2.00 bits per heavy atom. The van der Waals surface area contributed by atoms with Crippen LogP contribution in [0.5, 0.6) is 0 Å². The molecule has 0 spiro atoms.